The van der Waals surface area contributed by atoms with Gasteiger partial charge in [-0.3, -0.25) is 14.7 Å². The Hall–Kier alpha value is -2.84. The average Bonchev–Trinajstić information content (AvgIpc) is 3.12. The lowest BCUT2D eigenvalue weighted by Gasteiger charge is -2.11. The second-order valence-electron chi connectivity index (χ2n) is 6.21. The molecule has 3 aromatic rings. The standard InChI is InChI=1S/C20H20ClN5O2S/c1-13-4-3-5-16(12-13)26-18(14-6-8-15(21)9-7-14)24-25-20(26)29-11-10-17(27)23-19(28)22-2/h3-9,12H,10-11H2,1-2H3,(H2,22,23,27,28). The van der Waals surface area contributed by atoms with E-state index in [4.69, 9.17) is 11.6 Å². The summed E-state index contributed by atoms with van der Waals surface area (Å²) in [5, 5.41) is 14.6. The van der Waals surface area contributed by atoms with Gasteiger partial charge in [0.05, 0.1) is 0 Å². The van der Waals surface area contributed by atoms with Gasteiger partial charge in [0.15, 0.2) is 11.0 Å². The molecule has 9 heteroatoms. The van der Waals surface area contributed by atoms with Crippen LogP contribution in [0.25, 0.3) is 17.1 Å². The third-order valence-electron chi connectivity index (χ3n) is 4.04. The number of amides is 3. The molecular formula is C20H20ClN5O2S. The van der Waals surface area contributed by atoms with Crippen molar-refractivity contribution in [2.45, 2.75) is 18.5 Å². The first-order valence-corrected chi connectivity index (χ1v) is 10.3. The van der Waals surface area contributed by atoms with Gasteiger partial charge in [0.25, 0.3) is 0 Å². The van der Waals surface area contributed by atoms with Crippen LogP contribution in [0.4, 0.5) is 4.79 Å². The van der Waals surface area contributed by atoms with Crippen LogP contribution in [-0.2, 0) is 4.79 Å². The van der Waals surface area contributed by atoms with Gasteiger partial charge in [0.1, 0.15) is 0 Å². The smallest absolute Gasteiger partial charge is 0.321 e. The number of imide groups is 1. The van der Waals surface area contributed by atoms with Crippen LogP contribution >= 0.6 is 23.4 Å². The first-order chi connectivity index (χ1) is 14.0. The van der Waals surface area contributed by atoms with Gasteiger partial charge in [0.2, 0.25) is 5.91 Å². The molecule has 2 N–H and O–H groups in total. The quantitative estimate of drug-likeness (QED) is 0.581. The summed E-state index contributed by atoms with van der Waals surface area (Å²) in [6.07, 6.45) is 0.176. The van der Waals surface area contributed by atoms with Crippen LogP contribution in [0, 0.1) is 6.92 Å². The van der Waals surface area contributed by atoms with Crippen LogP contribution in [0.5, 0.6) is 0 Å². The molecule has 1 aromatic heterocycles. The Kier molecular flexibility index (Phi) is 6.90. The largest absolute Gasteiger partial charge is 0.341 e. The lowest BCUT2D eigenvalue weighted by molar-refractivity contribution is -0.119. The number of carbonyl (C=O) groups is 2. The topological polar surface area (TPSA) is 88.9 Å². The number of aryl methyl sites for hydroxylation is 1. The molecule has 0 atom stereocenters. The highest BCUT2D eigenvalue weighted by molar-refractivity contribution is 7.99. The van der Waals surface area contributed by atoms with E-state index in [0.717, 1.165) is 16.8 Å². The van der Waals surface area contributed by atoms with Gasteiger partial charge in [-0.05, 0) is 48.9 Å². The fourth-order valence-corrected chi connectivity index (χ4v) is 3.65. The Morgan fingerprint density at radius 1 is 1.14 bits per heavy atom. The third-order valence-corrected chi connectivity index (χ3v) is 5.22. The molecule has 0 fully saturated rings. The highest BCUT2D eigenvalue weighted by Gasteiger charge is 2.17. The monoisotopic (exact) mass is 429 g/mol. The maximum atomic E-state index is 11.8. The van der Waals surface area contributed by atoms with Crippen LogP contribution in [0.15, 0.2) is 53.7 Å². The van der Waals surface area contributed by atoms with Crippen LogP contribution in [0.3, 0.4) is 0 Å². The summed E-state index contributed by atoms with van der Waals surface area (Å²) in [5.74, 6) is 0.786. The average molecular weight is 430 g/mol. The first kappa shape index (κ1) is 20.9. The van der Waals surface area contributed by atoms with Crippen molar-refractivity contribution in [3.63, 3.8) is 0 Å². The van der Waals surface area contributed by atoms with Crippen LogP contribution in [0.2, 0.25) is 5.02 Å². The molecule has 0 aliphatic rings. The minimum Gasteiger partial charge on any atom is -0.341 e. The number of urea groups is 1. The molecule has 0 unspecified atom stereocenters. The van der Waals surface area contributed by atoms with Crippen molar-refractivity contribution < 1.29 is 9.59 Å². The maximum Gasteiger partial charge on any atom is 0.321 e. The highest BCUT2D eigenvalue weighted by atomic mass is 35.5. The molecule has 150 valence electrons. The van der Waals surface area contributed by atoms with Gasteiger partial charge in [-0.2, -0.15) is 0 Å². The van der Waals surface area contributed by atoms with E-state index in [0.29, 0.717) is 21.8 Å². The second kappa shape index (κ2) is 9.58. The fourth-order valence-electron chi connectivity index (χ4n) is 2.64. The Bertz CT molecular complexity index is 1020. The number of halogens is 1. The first-order valence-electron chi connectivity index (χ1n) is 8.90. The molecule has 0 saturated carbocycles. The Morgan fingerprint density at radius 3 is 2.59 bits per heavy atom. The number of hydrogen-bond donors (Lipinski definition) is 2. The Labute approximate surface area is 177 Å². The Balaban J connectivity index is 1.86. The van der Waals surface area contributed by atoms with E-state index in [1.54, 1.807) is 0 Å². The van der Waals surface area contributed by atoms with Crippen molar-refractivity contribution in [3.05, 3.63) is 59.1 Å². The van der Waals surface area contributed by atoms with Crippen molar-refractivity contribution in [1.29, 1.82) is 0 Å². The summed E-state index contributed by atoms with van der Waals surface area (Å²) in [4.78, 5) is 23.0. The zero-order chi connectivity index (χ0) is 20.8. The molecule has 29 heavy (non-hydrogen) atoms. The molecule has 0 aliphatic heterocycles. The van der Waals surface area contributed by atoms with Gasteiger partial charge in [0, 0.05) is 35.5 Å². The molecule has 3 amide bonds. The molecule has 0 aliphatic carbocycles. The Morgan fingerprint density at radius 2 is 1.90 bits per heavy atom. The summed E-state index contributed by atoms with van der Waals surface area (Å²) in [6, 6.07) is 14.9. The molecule has 0 saturated heterocycles. The van der Waals surface area contributed by atoms with Gasteiger partial charge in [-0.25, -0.2) is 4.79 Å². The summed E-state index contributed by atoms with van der Waals surface area (Å²) < 4.78 is 1.96. The van der Waals surface area contributed by atoms with E-state index >= 15 is 0 Å². The summed E-state index contributed by atoms with van der Waals surface area (Å²) in [7, 11) is 1.46. The number of carbonyl (C=O) groups excluding carboxylic acids is 2. The lowest BCUT2D eigenvalue weighted by atomic mass is 10.2. The van der Waals surface area contributed by atoms with Gasteiger partial charge in [-0.1, -0.05) is 35.5 Å². The van der Waals surface area contributed by atoms with Crippen molar-refractivity contribution in [3.8, 4) is 17.1 Å². The maximum absolute atomic E-state index is 11.8. The van der Waals surface area contributed by atoms with Crippen LogP contribution in [0.1, 0.15) is 12.0 Å². The number of benzene rings is 2. The molecule has 0 radical (unpaired) electrons. The van der Waals surface area contributed by atoms with E-state index < -0.39 is 6.03 Å². The number of nitrogens with zero attached hydrogens (tertiary/aromatic N) is 3. The molecule has 3 rings (SSSR count). The highest BCUT2D eigenvalue weighted by Crippen LogP contribution is 2.29. The minimum absolute atomic E-state index is 0.176. The van der Waals surface area contributed by atoms with Crippen molar-refractivity contribution >= 4 is 35.3 Å². The van der Waals surface area contributed by atoms with E-state index in [1.165, 1.54) is 18.8 Å². The summed E-state index contributed by atoms with van der Waals surface area (Å²) in [5.41, 5.74) is 2.92. The van der Waals surface area contributed by atoms with Crippen molar-refractivity contribution in [2.75, 3.05) is 12.8 Å². The number of nitrogens with one attached hydrogen (secondary N) is 2. The molecule has 0 spiro atoms. The summed E-state index contributed by atoms with van der Waals surface area (Å²) in [6.45, 7) is 2.02. The number of hydrogen-bond acceptors (Lipinski definition) is 5. The molecule has 7 nitrogen and oxygen atoms in total. The molecule has 0 bridgehead atoms. The van der Waals surface area contributed by atoms with Gasteiger partial charge in [-0.15, -0.1) is 10.2 Å². The minimum atomic E-state index is -0.520. The number of rotatable bonds is 6. The second-order valence-corrected chi connectivity index (χ2v) is 7.71. The van der Waals surface area contributed by atoms with Crippen molar-refractivity contribution in [2.24, 2.45) is 0 Å². The fraction of sp³-hybridized carbons (Fsp3) is 0.200. The van der Waals surface area contributed by atoms with Gasteiger partial charge >= 0.3 is 6.03 Å². The molecule has 2 aromatic carbocycles. The zero-order valence-electron chi connectivity index (χ0n) is 16.0. The van der Waals surface area contributed by atoms with E-state index in [-0.39, 0.29) is 12.3 Å². The predicted octanol–water partition coefficient (Wildman–Crippen LogP) is 3.83. The number of aromatic nitrogens is 3. The van der Waals surface area contributed by atoms with Crippen LogP contribution in [-0.4, -0.2) is 39.5 Å². The molecular weight excluding hydrogens is 410 g/mol. The van der Waals surface area contributed by atoms with E-state index in [2.05, 4.69) is 20.8 Å². The SMILES string of the molecule is CNC(=O)NC(=O)CCSc1nnc(-c2ccc(Cl)cc2)n1-c1cccc(C)c1. The van der Waals surface area contributed by atoms with Crippen LogP contribution < -0.4 is 10.6 Å². The van der Waals surface area contributed by atoms with Gasteiger partial charge < -0.3 is 5.32 Å². The number of thioether (sulfide) groups is 1. The normalized spacial score (nSPS) is 10.6. The summed E-state index contributed by atoms with van der Waals surface area (Å²) >= 11 is 7.41. The van der Waals surface area contributed by atoms with Crippen molar-refractivity contribution in [1.82, 2.24) is 25.4 Å². The predicted molar refractivity (Wildman–Crippen MR) is 114 cm³/mol. The zero-order valence-corrected chi connectivity index (χ0v) is 17.5. The van der Waals surface area contributed by atoms with E-state index in [1.807, 2.05) is 60.0 Å². The molecule has 1 heterocycles. The third kappa shape index (κ3) is 5.36. The van der Waals surface area contributed by atoms with E-state index in [9.17, 15) is 9.59 Å². The lowest BCUT2D eigenvalue weighted by Crippen LogP contribution is -2.37.